The van der Waals surface area contributed by atoms with E-state index in [0.29, 0.717) is 11.3 Å². The van der Waals surface area contributed by atoms with Crippen LogP contribution in [-0.4, -0.2) is 65.6 Å². The molecular weight excluding hydrogens is 485 g/mol. The molecule has 2 amide bonds. The largest absolute Gasteiger partial charge is 0.475 e. The molecule has 13 heteroatoms. The second-order valence-electron chi connectivity index (χ2n) is 8.38. The summed E-state index contributed by atoms with van der Waals surface area (Å²) in [6, 6.07) is 5.05. The summed E-state index contributed by atoms with van der Waals surface area (Å²) in [5.74, 6) is -1.65. The SMILES string of the molecule is COCCOc1nc(OCC(F)(F)F)ccc1C(=O)NC(C)c1cc(C)nc(NC(=O)C(C)(C)O)c1. The average Bonchev–Trinajstić information content (AvgIpc) is 2.76. The van der Waals surface area contributed by atoms with E-state index in [-0.39, 0.29) is 36.4 Å². The molecule has 2 rings (SSSR count). The maximum Gasteiger partial charge on any atom is 0.422 e. The van der Waals surface area contributed by atoms with Gasteiger partial charge in [-0.1, -0.05) is 0 Å². The van der Waals surface area contributed by atoms with Crippen LogP contribution in [0.5, 0.6) is 11.8 Å². The van der Waals surface area contributed by atoms with Gasteiger partial charge in [0.2, 0.25) is 11.8 Å². The number of carbonyl (C=O) groups is 2. The normalized spacial score (nSPS) is 12.6. The highest BCUT2D eigenvalue weighted by atomic mass is 19.4. The maximum absolute atomic E-state index is 13.0. The van der Waals surface area contributed by atoms with E-state index in [4.69, 9.17) is 9.47 Å². The molecule has 36 heavy (non-hydrogen) atoms. The first-order valence-corrected chi connectivity index (χ1v) is 10.8. The Bertz CT molecular complexity index is 1070. The number of nitrogens with one attached hydrogen (secondary N) is 2. The van der Waals surface area contributed by atoms with Crippen LogP contribution in [0.25, 0.3) is 0 Å². The molecule has 1 unspecified atom stereocenters. The Hall–Kier alpha value is -3.45. The highest BCUT2D eigenvalue weighted by Gasteiger charge is 2.29. The van der Waals surface area contributed by atoms with Gasteiger partial charge >= 0.3 is 6.18 Å². The molecule has 0 spiro atoms. The third kappa shape index (κ3) is 8.96. The van der Waals surface area contributed by atoms with Gasteiger partial charge in [0.25, 0.3) is 11.8 Å². The van der Waals surface area contributed by atoms with Gasteiger partial charge in [-0.25, -0.2) is 4.98 Å². The van der Waals surface area contributed by atoms with Crippen molar-refractivity contribution in [2.75, 3.05) is 32.2 Å². The van der Waals surface area contributed by atoms with Gasteiger partial charge < -0.3 is 30.0 Å². The fourth-order valence-electron chi connectivity index (χ4n) is 2.80. The zero-order chi connectivity index (χ0) is 27.1. The number of methoxy groups -OCH3 is 1. The second-order valence-corrected chi connectivity index (χ2v) is 8.38. The molecule has 3 N–H and O–H groups in total. The zero-order valence-electron chi connectivity index (χ0n) is 20.5. The highest BCUT2D eigenvalue weighted by molar-refractivity contribution is 5.97. The molecule has 10 nitrogen and oxygen atoms in total. The fraction of sp³-hybridized carbons (Fsp3) is 0.478. The predicted molar refractivity (Wildman–Crippen MR) is 123 cm³/mol. The zero-order valence-corrected chi connectivity index (χ0v) is 20.5. The summed E-state index contributed by atoms with van der Waals surface area (Å²) < 4.78 is 52.4. The number of hydrogen-bond acceptors (Lipinski definition) is 8. The van der Waals surface area contributed by atoms with Crippen molar-refractivity contribution in [3.8, 4) is 11.8 Å². The summed E-state index contributed by atoms with van der Waals surface area (Å²) in [5.41, 5.74) is -0.496. The van der Waals surface area contributed by atoms with Crippen molar-refractivity contribution in [2.24, 2.45) is 0 Å². The van der Waals surface area contributed by atoms with E-state index >= 15 is 0 Å². The Balaban J connectivity index is 2.23. The highest BCUT2D eigenvalue weighted by Crippen LogP contribution is 2.24. The molecule has 0 fully saturated rings. The summed E-state index contributed by atoms with van der Waals surface area (Å²) in [6.45, 7) is 4.66. The van der Waals surface area contributed by atoms with E-state index in [0.717, 1.165) is 6.07 Å². The number of halogens is 3. The molecule has 0 aliphatic heterocycles. The second kappa shape index (κ2) is 12.0. The third-order valence-corrected chi connectivity index (χ3v) is 4.61. The topological polar surface area (TPSA) is 132 Å². The van der Waals surface area contributed by atoms with Gasteiger partial charge in [0.05, 0.1) is 12.6 Å². The van der Waals surface area contributed by atoms with E-state index in [1.54, 1.807) is 26.0 Å². The van der Waals surface area contributed by atoms with E-state index in [9.17, 15) is 27.9 Å². The molecule has 2 aromatic heterocycles. The predicted octanol–water partition coefficient (Wildman–Crippen LogP) is 2.95. The van der Waals surface area contributed by atoms with Crippen molar-refractivity contribution in [2.45, 2.75) is 45.5 Å². The van der Waals surface area contributed by atoms with Crippen molar-refractivity contribution >= 4 is 17.6 Å². The molecule has 0 aromatic carbocycles. The number of nitrogens with zero attached hydrogens (tertiary/aromatic N) is 2. The van der Waals surface area contributed by atoms with E-state index in [1.807, 2.05) is 0 Å². The summed E-state index contributed by atoms with van der Waals surface area (Å²) in [4.78, 5) is 33.2. The van der Waals surface area contributed by atoms with E-state index in [1.165, 1.54) is 27.0 Å². The number of alkyl halides is 3. The molecule has 2 heterocycles. The van der Waals surface area contributed by atoms with Crippen molar-refractivity contribution in [3.05, 3.63) is 41.1 Å². The first kappa shape index (κ1) is 28.8. The molecule has 1 atom stereocenters. The molecule has 0 saturated heterocycles. The van der Waals surface area contributed by atoms with E-state index < -0.39 is 36.2 Å². The number of carbonyl (C=O) groups excluding carboxylic acids is 2. The Morgan fingerprint density at radius 2 is 1.81 bits per heavy atom. The van der Waals surface area contributed by atoms with Gasteiger partial charge in [0, 0.05) is 18.9 Å². The van der Waals surface area contributed by atoms with Crippen LogP contribution in [0.2, 0.25) is 0 Å². The molecule has 0 aliphatic carbocycles. The number of rotatable bonds is 11. The van der Waals surface area contributed by atoms with Crippen LogP contribution in [-0.2, 0) is 9.53 Å². The lowest BCUT2D eigenvalue weighted by Gasteiger charge is -2.19. The fourth-order valence-corrected chi connectivity index (χ4v) is 2.80. The molecule has 198 valence electrons. The smallest absolute Gasteiger partial charge is 0.422 e. The van der Waals surface area contributed by atoms with Gasteiger partial charge in [-0.05, 0) is 51.5 Å². The first-order valence-electron chi connectivity index (χ1n) is 10.8. The number of aromatic nitrogens is 2. The number of aryl methyl sites for hydroxylation is 1. The minimum absolute atomic E-state index is 0.00410. The van der Waals surface area contributed by atoms with E-state index in [2.05, 4.69) is 25.3 Å². The number of pyridine rings is 2. The summed E-state index contributed by atoms with van der Waals surface area (Å²) in [6.07, 6.45) is -4.56. The number of anilines is 1. The van der Waals surface area contributed by atoms with Crippen molar-refractivity contribution in [1.82, 2.24) is 15.3 Å². The minimum atomic E-state index is -4.56. The first-order chi connectivity index (χ1) is 16.7. The summed E-state index contributed by atoms with van der Waals surface area (Å²) in [5, 5.41) is 15.1. The number of ether oxygens (including phenoxy) is 3. The van der Waals surface area contributed by atoms with Crippen molar-refractivity contribution in [1.29, 1.82) is 0 Å². The molecule has 0 bridgehead atoms. The number of aliphatic hydroxyl groups is 1. The summed E-state index contributed by atoms with van der Waals surface area (Å²) in [7, 11) is 1.43. The average molecular weight is 515 g/mol. The Labute approximate surface area is 206 Å². The minimum Gasteiger partial charge on any atom is -0.475 e. The molecule has 0 radical (unpaired) electrons. The molecule has 2 aromatic rings. The lowest BCUT2D eigenvalue weighted by atomic mass is 10.1. The molecule has 0 saturated carbocycles. The van der Waals surface area contributed by atoms with Gasteiger partial charge in [0.15, 0.2) is 6.61 Å². The molecular formula is C23H29F3N4O6. The lowest BCUT2D eigenvalue weighted by molar-refractivity contribution is -0.154. The quantitative estimate of drug-likeness (QED) is 0.390. The third-order valence-electron chi connectivity index (χ3n) is 4.61. The Morgan fingerprint density at radius 1 is 1.11 bits per heavy atom. The van der Waals surface area contributed by atoms with Crippen LogP contribution in [0.4, 0.5) is 19.0 Å². The standard InChI is InChI=1S/C23H29F3N4O6/c1-13-10-15(11-17(27-13)29-21(32)22(3,4)33)14(2)28-19(31)16-6-7-18(36-12-23(24,25)26)30-20(16)35-9-8-34-5/h6-7,10-11,14,33H,8-9,12H2,1-5H3,(H,28,31)(H,27,29,32). The maximum atomic E-state index is 13.0. The van der Waals surface area contributed by atoms with Crippen molar-refractivity contribution in [3.63, 3.8) is 0 Å². The van der Waals surface area contributed by atoms with Gasteiger partial charge in [-0.2, -0.15) is 18.2 Å². The van der Waals surface area contributed by atoms with Gasteiger partial charge in [-0.15, -0.1) is 0 Å². The van der Waals surface area contributed by atoms with Crippen LogP contribution in [0, 0.1) is 6.92 Å². The van der Waals surface area contributed by atoms with Crippen LogP contribution >= 0.6 is 0 Å². The monoisotopic (exact) mass is 514 g/mol. The number of amides is 2. The van der Waals surface area contributed by atoms with Crippen molar-refractivity contribution < 1.29 is 42.1 Å². The van der Waals surface area contributed by atoms with Crippen LogP contribution in [0.1, 0.15) is 48.4 Å². The Kier molecular flexibility index (Phi) is 9.59. The van der Waals surface area contributed by atoms with Crippen LogP contribution in [0.15, 0.2) is 24.3 Å². The summed E-state index contributed by atoms with van der Waals surface area (Å²) >= 11 is 0. The van der Waals surface area contributed by atoms with Gasteiger partial charge in [0.1, 0.15) is 23.6 Å². The molecule has 0 aliphatic rings. The number of hydrogen-bond donors (Lipinski definition) is 3. The lowest BCUT2D eigenvalue weighted by Crippen LogP contribution is -2.37. The Morgan fingerprint density at radius 3 is 2.42 bits per heavy atom. The van der Waals surface area contributed by atoms with Crippen LogP contribution < -0.4 is 20.1 Å². The van der Waals surface area contributed by atoms with Crippen LogP contribution in [0.3, 0.4) is 0 Å². The van der Waals surface area contributed by atoms with Gasteiger partial charge in [-0.3, -0.25) is 9.59 Å².